The standard InChI is InChI=1S/C15H10ClFN4O3.C14H7ClF2N4O2.CH4.K.H2O/c1-24-14-6-12-9(5-13(14)21(22)23)15(19-7-18-12)20-8-2-3-11(17)10(16)4-8;15-9-3-7(1-2-10(9)16)20-14-8-4-13(21(22)23)11(17)5-12(8)18-6-19-14;;;/h2-7H,1H3,(H,18,19,20);1-6H,(H,18,19,20);1H4;;1H2/q;;;+1;/p-1. The minimum atomic E-state index is -0.989. The van der Waals surface area contributed by atoms with Crippen LogP contribution in [-0.4, -0.2) is 42.4 Å². The number of fused-ring (bicyclic) bond motifs is 2. The van der Waals surface area contributed by atoms with E-state index in [2.05, 4.69) is 30.6 Å². The van der Waals surface area contributed by atoms with Crippen molar-refractivity contribution in [3.63, 3.8) is 0 Å². The monoisotopic (exact) mass is 756 g/mol. The predicted molar refractivity (Wildman–Crippen MR) is 177 cm³/mol. The third kappa shape index (κ3) is 9.49. The van der Waals surface area contributed by atoms with Crippen LogP contribution in [-0.2, 0) is 0 Å². The Morgan fingerprint density at radius 3 is 1.54 bits per heavy atom. The Hall–Kier alpha value is -4.27. The molecule has 0 atom stereocenters. The zero-order valence-corrected chi connectivity index (χ0v) is 29.6. The number of nitrogens with zero attached hydrogens (tertiary/aromatic N) is 6. The van der Waals surface area contributed by atoms with Crippen LogP contribution in [0.2, 0.25) is 10.0 Å². The molecule has 0 spiro atoms. The number of methoxy groups -OCH3 is 1. The summed E-state index contributed by atoms with van der Waals surface area (Å²) in [5, 5.41) is 28.4. The van der Waals surface area contributed by atoms with Crippen molar-refractivity contribution in [3.05, 3.63) is 121 Å². The van der Waals surface area contributed by atoms with E-state index in [4.69, 9.17) is 27.9 Å². The molecule has 0 saturated heterocycles. The third-order valence-corrected chi connectivity index (χ3v) is 6.98. The maximum atomic E-state index is 13.6. The summed E-state index contributed by atoms with van der Waals surface area (Å²) < 4.78 is 45.1. The zero-order chi connectivity index (χ0) is 33.8. The molecule has 254 valence electrons. The molecule has 0 amide bonds. The molecule has 6 aromatic rings. The summed E-state index contributed by atoms with van der Waals surface area (Å²) in [6, 6.07) is 12.8. The van der Waals surface area contributed by atoms with Crippen LogP contribution in [0.1, 0.15) is 7.43 Å². The van der Waals surface area contributed by atoms with Crippen molar-refractivity contribution in [2.45, 2.75) is 7.43 Å². The van der Waals surface area contributed by atoms with Crippen LogP contribution in [0.25, 0.3) is 21.8 Å². The van der Waals surface area contributed by atoms with Gasteiger partial charge in [-0.2, -0.15) is 4.39 Å². The molecule has 50 heavy (non-hydrogen) atoms. The Kier molecular flexibility index (Phi) is 15.2. The molecule has 6 rings (SSSR count). The molecule has 2 aromatic heterocycles. The van der Waals surface area contributed by atoms with Gasteiger partial charge in [-0.15, -0.1) is 0 Å². The molecular formula is C30H22Cl2F3KN8O6. The van der Waals surface area contributed by atoms with Gasteiger partial charge in [-0.3, -0.25) is 20.2 Å². The first-order valence-electron chi connectivity index (χ1n) is 12.9. The van der Waals surface area contributed by atoms with Crippen molar-refractivity contribution in [2.24, 2.45) is 0 Å². The average molecular weight is 758 g/mol. The van der Waals surface area contributed by atoms with Gasteiger partial charge in [-0.05, 0) is 36.4 Å². The minimum Gasteiger partial charge on any atom is -0.870 e. The summed E-state index contributed by atoms with van der Waals surface area (Å²) in [5.41, 5.74) is 0.665. The van der Waals surface area contributed by atoms with E-state index in [1.807, 2.05) is 0 Å². The summed E-state index contributed by atoms with van der Waals surface area (Å²) in [4.78, 5) is 36.7. The molecule has 0 unspecified atom stereocenters. The van der Waals surface area contributed by atoms with Gasteiger partial charge in [-0.1, -0.05) is 30.6 Å². The van der Waals surface area contributed by atoms with Crippen molar-refractivity contribution in [2.75, 3.05) is 17.7 Å². The van der Waals surface area contributed by atoms with Crippen molar-refractivity contribution in [1.82, 2.24) is 19.9 Å². The van der Waals surface area contributed by atoms with Crippen LogP contribution in [0.15, 0.2) is 73.3 Å². The zero-order valence-electron chi connectivity index (χ0n) is 25.0. The predicted octanol–water partition coefficient (Wildman–Crippen LogP) is 5.76. The van der Waals surface area contributed by atoms with Gasteiger partial charge in [0.1, 0.15) is 35.9 Å². The molecule has 0 aliphatic heterocycles. The number of hydrogen-bond acceptors (Lipinski definition) is 12. The maximum Gasteiger partial charge on any atom is 1.00 e. The summed E-state index contributed by atoms with van der Waals surface area (Å²) in [6.07, 6.45) is 2.49. The fourth-order valence-electron chi connectivity index (χ4n) is 4.21. The van der Waals surface area contributed by atoms with Crippen LogP contribution in [0.3, 0.4) is 0 Å². The second-order valence-corrected chi connectivity index (χ2v) is 10.1. The molecule has 0 radical (unpaired) electrons. The van der Waals surface area contributed by atoms with E-state index in [0.717, 1.165) is 18.2 Å². The first-order valence-corrected chi connectivity index (χ1v) is 13.7. The second kappa shape index (κ2) is 18.1. The average Bonchev–Trinajstić information content (AvgIpc) is 3.04. The number of benzene rings is 4. The van der Waals surface area contributed by atoms with E-state index in [-0.39, 0.29) is 102 Å². The number of hydrogen-bond donors (Lipinski definition) is 2. The molecule has 0 aliphatic carbocycles. The number of ether oxygens (including phenoxy) is 1. The number of anilines is 4. The van der Waals surface area contributed by atoms with Crippen LogP contribution in [0.5, 0.6) is 5.75 Å². The van der Waals surface area contributed by atoms with E-state index in [9.17, 15) is 33.4 Å². The van der Waals surface area contributed by atoms with Crippen molar-refractivity contribution >= 4 is 79.4 Å². The number of nitro groups is 2. The normalized spacial score (nSPS) is 10.0. The van der Waals surface area contributed by atoms with Gasteiger partial charge in [-0.25, -0.2) is 28.7 Å². The molecule has 0 saturated carbocycles. The van der Waals surface area contributed by atoms with Crippen LogP contribution >= 0.6 is 23.2 Å². The van der Waals surface area contributed by atoms with Gasteiger partial charge in [0.25, 0.3) is 0 Å². The number of nitro benzene ring substituents is 2. The number of halogens is 5. The summed E-state index contributed by atoms with van der Waals surface area (Å²) >= 11 is 11.5. The summed E-state index contributed by atoms with van der Waals surface area (Å²) in [7, 11) is 1.34. The quantitative estimate of drug-likeness (QED) is 0.114. The van der Waals surface area contributed by atoms with Crippen LogP contribution in [0, 0.1) is 37.7 Å². The van der Waals surface area contributed by atoms with E-state index in [1.165, 1.54) is 62.2 Å². The second-order valence-electron chi connectivity index (χ2n) is 9.33. The number of rotatable bonds is 7. The van der Waals surface area contributed by atoms with Gasteiger partial charge in [0.15, 0.2) is 5.75 Å². The molecule has 3 N–H and O–H groups in total. The Balaban J connectivity index is 0.000000327. The van der Waals surface area contributed by atoms with E-state index in [0.29, 0.717) is 28.1 Å². The molecule has 14 nitrogen and oxygen atoms in total. The van der Waals surface area contributed by atoms with Crippen molar-refractivity contribution in [1.29, 1.82) is 0 Å². The van der Waals surface area contributed by atoms with Gasteiger partial charge < -0.3 is 20.8 Å². The Morgan fingerprint density at radius 2 is 1.12 bits per heavy atom. The molecule has 20 heteroatoms. The summed E-state index contributed by atoms with van der Waals surface area (Å²) in [6.45, 7) is 0. The van der Waals surface area contributed by atoms with Crippen LogP contribution < -0.4 is 66.8 Å². The first-order chi connectivity index (χ1) is 22.4. The Morgan fingerprint density at radius 1 is 0.680 bits per heavy atom. The van der Waals surface area contributed by atoms with E-state index < -0.39 is 33.0 Å². The van der Waals surface area contributed by atoms with E-state index >= 15 is 0 Å². The maximum absolute atomic E-state index is 13.6. The largest absolute Gasteiger partial charge is 1.00 e. The Bertz CT molecular complexity index is 2210. The smallest absolute Gasteiger partial charge is 0.870 e. The fraction of sp³-hybridized carbons (Fsp3) is 0.0667. The van der Waals surface area contributed by atoms with Gasteiger partial charge in [0, 0.05) is 35.6 Å². The molecule has 4 aromatic carbocycles. The third-order valence-electron chi connectivity index (χ3n) is 6.40. The minimum absolute atomic E-state index is 0. The topological polar surface area (TPSA) is 201 Å². The molecular weight excluding hydrogens is 735 g/mol. The number of nitrogens with one attached hydrogen (secondary N) is 2. The van der Waals surface area contributed by atoms with Gasteiger partial charge in [0.05, 0.1) is 48.8 Å². The van der Waals surface area contributed by atoms with E-state index in [1.54, 1.807) is 0 Å². The van der Waals surface area contributed by atoms with Gasteiger partial charge in [0.2, 0.25) is 5.82 Å². The molecule has 2 heterocycles. The molecule has 0 fully saturated rings. The van der Waals surface area contributed by atoms with Crippen molar-refractivity contribution < 1.29 is 84.6 Å². The van der Waals surface area contributed by atoms with Gasteiger partial charge >= 0.3 is 62.8 Å². The molecule has 0 bridgehead atoms. The summed E-state index contributed by atoms with van der Waals surface area (Å²) in [5.74, 6) is -1.48. The SMILES string of the molecule is C.COc1cc2ncnc(Nc3ccc(F)c(Cl)c3)c2cc1[N+](=O)[O-].O=[N+]([O-])c1cc2c(Nc3ccc(F)c(Cl)c3)ncnc2cc1F.[K+].[OH-]. The first kappa shape index (κ1) is 41.9. The number of aromatic nitrogens is 4. The Labute approximate surface area is 333 Å². The fourth-order valence-corrected chi connectivity index (χ4v) is 4.57. The molecule has 0 aliphatic rings. The van der Waals surface area contributed by atoms with Crippen LogP contribution in [0.4, 0.5) is 47.6 Å². The van der Waals surface area contributed by atoms with Crippen molar-refractivity contribution in [3.8, 4) is 5.75 Å².